The first-order chi connectivity index (χ1) is 5.57. The Morgan fingerprint density at radius 3 is 2.75 bits per heavy atom. The lowest BCUT2D eigenvalue weighted by molar-refractivity contribution is -0.460. The largest absolute Gasteiger partial charge is 0.595 e. The van der Waals surface area contributed by atoms with E-state index in [0.29, 0.717) is 4.86 Å². The second-order valence-electron chi connectivity index (χ2n) is 2.23. The molecule has 0 fully saturated rings. The van der Waals surface area contributed by atoms with Gasteiger partial charge in [0.05, 0.1) is 0 Å². The van der Waals surface area contributed by atoms with Crippen LogP contribution in [0, 0.1) is 5.21 Å². The smallest absolute Gasteiger partial charge is 0.215 e. The summed E-state index contributed by atoms with van der Waals surface area (Å²) >= 11 is 1.40. The molecule has 0 aromatic rings. The highest BCUT2D eigenvalue weighted by molar-refractivity contribution is 8.01. The van der Waals surface area contributed by atoms with Gasteiger partial charge in [-0.25, -0.2) is 0 Å². The molecule has 0 saturated heterocycles. The summed E-state index contributed by atoms with van der Waals surface area (Å²) in [7, 11) is 0. The lowest BCUT2D eigenvalue weighted by atomic mass is 10.3. The standard InChI is InChI=1S/C7H12N2O2S/c1-6(7(2)10)8-9(11)4-5-12-3/h4-6H,1-3H3/b5-4+,9-8?/t6-/m0/s1. The molecule has 0 aliphatic carbocycles. The molecule has 0 aliphatic rings. The zero-order chi connectivity index (χ0) is 9.56. The molecule has 0 bridgehead atoms. The van der Waals surface area contributed by atoms with Crippen molar-refractivity contribution in [1.29, 1.82) is 0 Å². The van der Waals surface area contributed by atoms with Crippen molar-refractivity contribution in [3.63, 3.8) is 0 Å². The Labute approximate surface area is 75.9 Å². The van der Waals surface area contributed by atoms with E-state index in [9.17, 15) is 10.0 Å². The van der Waals surface area contributed by atoms with Crippen molar-refractivity contribution in [3.8, 4) is 0 Å². The fourth-order valence-electron chi connectivity index (χ4n) is 0.403. The molecule has 12 heavy (non-hydrogen) atoms. The Kier molecular flexibility index (Phi) is 5.36. The first-order valence-corrected chi connectivity index (χ1v) is 4.73. The number of hydrogen-bond donors (Lipinski definition) is 0. The first-order valence-electron chi connectivity index (χ1n) is 3.45. The van der Waals surface area contributed by atoms with Gasteiger partial charge >= 0.3 is 0 Å². The molecule has 0 spiro atoms. The third-order valence-corrected chi connectivity index (χ3v) is 1.59. The maximum absolute atomic E-state index is 10.8. The summed E-state index contributed by atoms with van der Waals surface area (Å²) < 4.78 is 0. The molecule has 0 unspecified atom stereocenters. The Bertz CT molecular complexity index is 213. The predicted molar refractivity (Wildman–Crippen MR) is 48.9 cm³/mol. The van der Waals surface area contributed by atoms with Crippen LogP contribution < -0.4 is 0 Å². The Morgan fingerprint density at radius 2 is 2.33 bits per heavy atom. The van der Waals surface area contributed by atoms with Crippen LogP contribution in [0.3, 0.4) is 0 Å². The Balaban J connectivity index is 4.15. The average molecular weight is 188 g/mol. The van der Waals surface area contributed by atoms with Gasteiger partial charge in [-0.05, 0) is 25.2 Å². The van der Waals surface area contributed by atoms with Crippen LogP contribution in [0.5, 0.6) is 0 Å². The molecule has 0 amide bonds. The Hall–Kier alpha value is -0.840. The number of nitrogens with zero attached hydrogens (tertiary/aromatic N) is 2. The molecule has 0 aromatic carbocycles. The van der Waals surface area contributed by atoms with E-state index in [1.54, 1.807) is 12.3 Å². The van der Waals surface area contributed by atoms with Gasteiger partial charge in [-0.3, -0.25) is 4.79 Å². The van der Waals surface area contributed by atoms with Crippen molar-refractivity contribution in [2.45, 2.75) is 19.9 Å². The molecule has 0 aliphatic heterocycles. The molecular formula is C7H12N2O2S. The summed E-state index contributed by atoms with van der Waals surface area (Å²) in [6.45, 7) is 2.99. The van der Waals surface area contributed by atoms with Gasteiger partial charge in [0.2, 0.25) is 6.20 Å². The lowest BCUT2D eigenvalue weighted by Gasteiger charge is -1.97. The van der Waals surface area contributed by atoms with Crippen LogP contribution in [-0.2, 0) is 4.79 Å². The maximum atomic E-state index is 10.8. The fraction of sp³-hybridized carbons (Fsp3) is 0.571. The van der Waals surface area contributed by atoms with Crippen LogP contribution in [0.15, 0.2) is 16.7 Å². The molecular weight excluding hydrogens is 176 g/mol. The number of hydrogen-bond acceptors (Lipinski definition) is 4. The Morgan fingerprint density at radius 1 is 1.75 bits per heavy atom. The highest BCUT2D eigenvalue weighted by Crippen LogP contribution is 1.96. The van der Waals surface area contributed by atoms with Crippen molar-refractivity contribution in [3.05, 3.63) is 16.8 Å². The van der Waals surface area contributed by atoms with E-state index >= 15 is 0 Å². The molecule has 4 nitrogen and oxygen atoms in total. The molecule has 0 N–H and O–H groups in total. The summed E-state index contributed by atoms with van der Waals surface area (Å²) in [6.07, 6.45) is 3.10. The second kappa shape index (κ2) is 5.77. The van der Waals surface area contributed by atoms with Crippen LogP contribution in [0.2, 0.25) is 0 Å². The molecule has 68 valence electrons. The van der Waals surface area contributed by atoms with Gasteiger partial charge in [0.25, 0.3) is 0 Å². The van der Waals surface area contributed by atoms with Crippen LogP contribution in [-0.4, -0.2) is 22.9 Å². The van der Waals surface area contributed by atoms with Gasteiger partial charge in [0, 0.05) is 5.41 Å². The number of ketones is 1. The fourth-order valence-corrected chi connectivity index (χ4v) is 0.629. The monoisotopic (exact) mass is 188 g/mol. The highest BCUT2D eigenvalue weighted by atomic mass is 32.2. The molecule has 0 saturated carbocycles. The van der Waals surface area contributed by atoms with Gasteiger partial charge in [0.1, 0.15) is 0 Å². The minimum Gasteiger partial charge on any atom is -0.595 e. The molecule has 0 aromatic heterocycles. The van der Waals surface area contributed by atoms with Gasteiger partial charge in [-0.1, -0.05) is 4.86 Å². The van der Waals surface area contributed by atoms with E-state index in [0.717, 1.165) is 0 Å². The number of hydroxylamine groups is 1. The number of Topliss-reactive ketones (excluding diaryl/α,β-unsaturated/α-hetero) is 1. The van der Waals surface area contributed by atoms with Crippen molar-refractivity contribution < 1.29 is 9.66 Å². The molecule has 1 atom stereocenters. The number of thioether (sulfide) groups is 1. The lowest BCUT2D eigenvalue weighted by Crippen LogP contribution is -2.12. The van der Waals surface area contributed by atoms with E-state index in [1.807, 2.05) is 6.26 Å². The third kappa shape index (κ3) is 4.90. The number of rotatable bonds is 4. The topological polar surface area (TPSA) is 55.5 Å². The van der Waals surface area contributed by atoms with Crippen LogP contribution >= 0.6 is 11.8 Å². The molecule has 0 heterocycles. The number of carbonyl (C=O) groups is 1. The van der Waals surface area contributed by atoms with Crippen LogP contribution in [0.4, 0.5) is 0 Å². The molecule has 0 rings (SSSR count). The molecule has 0 radical (unpaired) electrons. The molecule has 5 heteroatoms. The second-order valence-corrected chi connectivity index (χ2v) is 2.97. The number of azo groups is 1. The zero-order valence-electron chi connectivity index (χ0n) is 7.35. The zero-order valence-corrected chi connectivity index (χ0v) is 8.17. The van der Waals surface area contributed by atoms with E-state index in [2.05, 4.69) is 5.11 Å². The minimum absolute atomic E-state index is 0.117. The van der Waals surface area contributed by atoms with Crippen LogP contribution in [0.25, 0.3) is 0 Å². The predicted octanol–water partition coefficient (Wildman–Crippen LogP) is 1.76. The summed E-state index contributed by atoms with van der Waals surface area (Å²) in [6, 6.07) is -0.561. The highest BCUT2D eigenvalue weighted by Gasteiger charge is 2.08. The van der Waals surface area contributed by atoms with E-state index in [4.69, 9.17) is 0 Å². The van der Waals surface area contributed by atoms with Crippen molar-refractivity contribution in [1.82, 2.24) is 0 Å². The minimum atomic E-state index is -0.561. The maximum Gasteiger partial charge on any atom is 0.215 e. The number of carbonyl (C=O) groups excluding carboxylic acids is 1. The first kappa shape index (κ1) is 11.2. The average Bonchev–Trinajstić information content (AvgIpc) is 2.00. The van der Waals surface area contributed by atoms with E-state index < -0.39 is 6.04 Å². The van der Waals surface area contributed by atoms with Gasteiger partial charge in [-0.2, -0.15) is 0 Å². The van der Waals surface area contributed by atoms with Crippen molar-refractivity contribution in [2.24, 2.45) is 5.11 Å². The quantitative estimate of drug-likeness (QED) is 0.384. The van der Waals surface area contributed by atoms with Gasteiger partial charge < -0.3 is 5.21 Å². The SMILES string of the molecule is CS/C=C/[N+]([O-])=N[C@@H](C)C(C)=O. The summed E-state index contributed by atoms with van der Waals surface area (Å²) in [4.78, 5) is 11.1. The summed E-state index contributed by atoms with van der Waals surface area (Å²) in [5.41, 5.74) is 0. The normalized spacial score (nSPS) is 15.1. The van der Waals surface area contributed by atoms with Crippen molar-refractivity contribution in [2.75, 3.05) is 6.26 Å². The summed E-state index contributed by atoms with van der Waals surface area (Å²) in [5.74, 6) is -0.117. The van der Waals surface area contributed by atoms with Crippen molar-refractivity contribution >= 4 is 17.5 Å². The van der Waals surface area contributed by atoms with Gasteiger partial charge in [-0.15, -0.1) is 11.8 Å². The third-order valence-electron chi connectivity index (χ3n) is 1.20. The van der Waals surface area contributed by atoms with Crippen LogP contribution in [0.1, 0.15) is 13.8 Å². The van der Waals surface area contributed by atoms with Gasteiger partial charge in [0.15, 0.2) is 11.8 Å². The summed E-state index contributed by atoms with van der Waals surface area (Å²) in [5, 5.41) is 16.0. The van der Waals surface area contributed by atoms with E-state index in [-0.39, 0.29) is 5.78 Å². The van der Waals surface area contributed by atoms with E-state index in [1.165, 1.54) is 24.9 Å².